The first-order chi connectivity index (χ1) is 4.20. The van der Waals surface area contributed by atoms with E-state index in [1.54, 1.807) is 6.07 Å². The largest absolute Gasteiger partial charge is 1.00 e. The summed E-state index contributed by atoms with van der Waals surface area (Å²) in [5.41, 5.74) is 0.935. The first-order valence-corrected chi connectivity index (χ1v) is 2.69. The van der Waals surface area contributed by atoms with Gasteiger partial charge < -0.3 is 11.6 Å². The van der Waals surface area contributed by atoms with Crippen molar-refractivity contribution >= 4 is 0 Å². The molecule has 1 aromatic carbocycles. The van der Waals surface area contributed by atoms with Gasteiger partial charge in [-0.25, -0.2) is 0 Å². The molecule has 0 amide bonds. The van der Waals surface area contributed by atoms with E-state index in [9.17, 15) is 0 Å². The zero-order valence-electron chi connectivity index (χ0n) is 7.13. The average molecular weight is 164 g/mol. The molecule has 0 atom stereocenters. The Bertz CT molecular complexity index is 228. The maximum Gasteiger partial charge on any atom is 1.00 e. The summed E-state index contributed by atoms with van der Waals surface area (Å²) in [5.74, 6) is -0.129. The minimum absolute atomic E-state index is 0. The van der Waals surface area contributed by atoms with Crippen LogP contribution in [0.4, 0.5) is 0 Å². The van der Waals surface area contributed by atoms with E-state index < -0.39 is 0 Å². The van der Waals surface area contributed by atoms with E-state index in [2.05, 4.69) is 0 Å². The summed E-state index contributed by atoms with van der Waals surface area (Å²) >= 11 is 0. The quantitative estimate of drug-likeness (QED) is 0.363. The molecule has 1 aromatic rings. The molecular weight excluding hydrogens is 155 g/mol. The molecule has 0 aliphatic rings. The summed E-state index contributed by atoms with van der Waals surface area (Å²) < 4.78 is 0. The van der Waals surface area contributed by atoms with Gasteiger partial charge >= 0.3 is 51.4 Å². The SMILES string of the molecule is Cc1ccc(O)c(O)c1.[H-].[K+]. The summed E-state index contributed by atoms with van der Waals surface area (Å²) in [6, 6.07) is 4.70. The molecule has 0 fully saturated rings. The maximum atomic E-state index is 8.85. The molecule has 0 bridgehead atoms. The van der Waals surface area contributed by atoms with Gasteiger partial charge in [-0.15, -0.1) is 0 Å². The van der Waals surface area contributed by atoms with Crippen LogP contribution in [0.3, 0.4) is 0 Å². The fourth-order valence-electron chi connectivity index (χ4n) is 0.633. The first kappa shape index (κ1) is 10.5. The van der Waals surface area contributed by atoms with Crippen LogP contribution in [0.25, 0.3) is 0 Å². The molecule has 0 saturated carbocycles. The number of hydrogen-bond acceptors (Lipinski definition) is 2. The van der Waals surface area contributed by atoms with E-state index in [1.807, 2.05) is 6.92 Å². The van der Waals surface area contributed by atoms with Crippen LogP contribution in [0.2, 0.25) is 0 Å². The van der Waals surface area contributed by atoms with Crippen molar-refractivity contribution in [2.75, 3.05) is 0 Å². The Morgan fingerprint density at radius 2 is 1.80 bits per heavy atom. The van der Waals surface area contributed by atoms with Crippen LogP contribution in [0.15, 0.2) is 18.2 Å². The molecule has 50 valence electrons. The normalized spacial score (nSPS) is 8.50. The maximum absolute atomic E-state index is 8.85. The van der Waals surface area contributed by atoms with Crippen LogP contribution in [0.5, 0.6) is 11.5 Å². The third-order valence-electron chi connectivity index (χ3n) is 1.13. The first-order valence-electron chi connectivity index (χ1n) is 2.69. The summed E-state index contributed by atoms with van der Waals surface area (Å²) in [5, 5.41) is 17.6. The Morgan fingerprint density at radius 3 is 2.20 bits per heavy atom. The fraction of sp³-hybridized carbons (Fsp3) is 0.143. The molecular formula is C7H9KO2. The van der Waals surface area contributed by atoms with Crippen LogP contribution in [-0.2, 0) is 0 Å². The van der Waals surface area contributed by atoms with Gasteiger partial charge in [0.2, 0.25) is 0 Å². The van der Waals surface area contributed by atoms with Gasteiger partial charge in [-0.2, -0.15) is 0 Å². The zero-order chi connectivity index (χ0) is 6.85. The topological polar surface area (TPSA) is 40.5 Å². The van der Waals surface area contributed by atoms with Crippen molar-refractivity contribution in [2.45, 2.75) is 6.92 Å². The Kier molecular flexibility index (Phi) is 4.56. The van der Waals surface area contributed by atoms with Gasteiger partial charge in [-0.1, -0.05) is 6.07 Å². The molecule has 2 nitrogen and oxygen atoms in total. The molecule has 0 aliphatic carbocycles. The Labute approximate surface area is 104 Å². The van der Waals surface area contributed by atoms with Crippen LogP contribution >= 0.6 is 0 Å². The summed E-state index contributed by atoms with van der Waals surface area (Å²) in [7, 11) is 0. The molecule has 3 heteroatoms. The molecule has 0 aromatic heterocycles. The summed E-state index contributed by atoms with van der Waals surface area (Å²) in [4.78, 5) is 0. The molecule has 0 unspecified atom stereocenters. The minimum atomic E-state index is -0.0689. The number of rotatable bonds is 0. The predicted molar refractivity (Wildman–Crippen MR) is 35.6 cm³/mol. The van der Waals surface area contributed by atoms with Gasteiger partial charge in [0.05, 0.1) is 0 Å². The van der Waals surface area contributed by atoms with Crippen molar-refractivity contribution in [3.8, 4) is 11.5 Å². The molecule has 0 spiro atoms. The van der Waals surface area contributed by atoms with E-state index in [1.165, 1.54) is 12.1 Å². The van der Waals surface area contributed by atoms with Crippen molar-refractivity contribution in [3.63, 3.8) is 0 Å². The second-order valence-corrected chi connectivity index (χ2v) is 1.99. The second kappa shape index (κ2) is 4.36. The van der Waals surface area contributed by atoms with Gasteiger partial charge in [0.25, 0.3) is 0 Å². The number of aromatic hydroxyl groups is 2. The van der Waals surface area contributed by atoms with E-state index >= 15 is 0 Å². The van der Waals surface area contributed by atoms with E-state index in [0.717, 1.165) is 5.56 Å². The van der Waals surface area contributed by atoms with E-state index in [4.69, 9.17) is 10.2 Å². The average Bonchev–Trinajstić information content (AvgIpc) is 1.80. The number of phenolic OH excluding ortho intramolecular Hbond substituents is 2. The molecule has 0 radical (unpaired) electrons. The number of phenols is 2. The predicted octanol–water partition coefficient (Wildman–Crippen LogP) is -1.48. The van der Waals surface area contributed by atoms with Crippen LogP contribution in [0.1, 0.15) is 6.99 Å². The van der Waals surface area contributed by atoms with Crippen molar-refractivity contribution in [2.24, 2.45) is 0 Å². The molecule has 10 heavy (non-hydrogen) atoms. The molecule has 2 N–H and O–H groups in total. The second-order valence-electron chi connectivity index (χ2n) is 1.99. The monoisotopic (exact) mass is 164 g/mol. The third kappa shape index (κ3) is 2.60. The Balaban J connectivity index is 0. The minimum Gasteiger partial charge on any atom is -1.00 e. The molecule has 0 heterocycles. The molecule has 1 rings (SSSR count). The van der Waals surface area contributed by atoms with Crippen molar-refractivity contribution in [1.82, 2.24) is 0 Å². The Morgan fingerprint density at radius 1 is 1.20 bits per heavy atom. The standard InChI is InChI=1S/C7H8O2.K.H/c1-5-2-3-6(8)7(9)4-5;;/h2-4,8-9H,1H3;;/q;+1;-1. The third-order valence-corrected chi connectivity index (χ3v) is 1.13. The zero-order valence-corrected chi connectivity index (χ0v) is 9.25. The fourth-order valence-corrected chi connectivity index (χ4v) is 0.633. The summed E-state index contributed by atoms with van der Waals surface area (Å²) in [6.45, 7) is 1.85. The van der Waals surface area contributed by atoms with Gasteiger partial charge in [0, 0.05) is 0 Å². The van der Waals surface area contributed by atoms with Crippen molar-refractivity contribution in [1.29, 1.82) is 0 Å². The van der Waals surface area contributed by atoms with Crippen LogP contribution in [0, 0.1) is 6.92 Å². The smallest absolute Gasteiger partial charge is 1.00 e. The van der Waals surface area contributed by atoms with Crippen LogP contribution in [-0.4, -0.2) is 10.2 Å². The van der Waals surface area contributed by atoms with Gasteiger partial charge in [0.15, 0.2) is 11.5 Å². The number of aryl methyl sites for hydroxylation is 1. The number of hydrogen-bond donors (Lipinski definition) is 2. The van der Waals surface area contributed by atoms with Crippen LogP contribution < -0.4 is 51.4 Å². The Hall–Kier alpha value is 0.456. The molecule has 0 aliphatic heterocycles. The van der Waals surface area contributed by atoms with Gasteiger partial charge in [0.1, 0.15) is 0 Å². The van der Waals surface area contributed by atoms with E-state index in [0.29, 0.717) is 0 Å². The van der Waals surface area contributed by atoms with Gasteiger partial charge in [-0.3, -0.25) is 0 Å². The summed E-state index contributed by atoms with van der Waals surface area (Å²) in [6.07, 6.45) is 0. The van der Waals surface area contributed by atoms with E-state index in [-0.39, 0.29) is 64.3 Å². The van der Waals surface area contributed by atoms with Crippen molar-refractivity contribution < 1.29 is 63.0 Å². The van der Waals surface area contributed by atoms with Gasteiger partial charge in [-0.05, 0) is 24.6 Å². The van der Waals surface area contributed by atoms with Crippen molar-refractivity contribution in [3.05, 3.63) is 23.8 Å². The number of benzene rings is 1. The molecule has 0 saturated heterocycles.